The molecule has 0 fully saturated rings. The van der Waals surface area contributed by atoms with Gasteiger partial charge in [0.25, 0.3) is 10.0 Å². The molecule has 0 amide bonds. The fourth-order valence-electron chi connectivity index (χ4n) is 0.755. The number of hydrogen-bond acceptors (Lipinski definition) is 3. The van der Waals surface area contributed by atoms with Crippen molar-refractivity contribution in [2.45, 2.75) is 4.90 Å². The average Bonchev–Trinajstić information content (AvgIpc) is 2.09. The van der Waals surface area contributed by atoms with E-state index in [9.17, 15) is 12.8 Å². The van der Waals surface area contributed by atoms with Crippen LogP contribution in [0.15, 0.2) is 27.6 Å². The highest BCUT2D eigenvalue weighted by Gasteiger charge is 2.17. The normalized spacial score (nSPS) is 11.6. The molecule has 1 aromatic rings. The Labute approximate surface area is 83.1 Å². The topological polar surface area (TPSA) is 72.2 Å². The molecule has 0 aromatic heterocycles. The van der Waals surface area contributed by atoms with Crippen molar-refractivity contribution in [3.63, 3.8) is 0 Å². The maximum atomic E-state index is 12.9. The second-order valence-corrected chi connectivity index (χ2v) is 4.65. The Kier molecular flexibility index (Phi) is 3.01. The lowest BCUT2D eigenvalue weighted by Gasteiger charge is -2.04. The smallest absolute Gasteiger partial charge is 0.254 e. The van der Waals surface area contributed by atoms with Crippen LogP contribution in [0.2, 0.25) is 0 Å². The third kappa shape index (κ3) is 2.05. The second-order valence-electron chi connectivity index (χ2n) is 2.17. The predicted molar refractivity (Wildman–Crippen MR) is 48.6 cm³/mol. The minimum absolute atomic E-state index is 0.132. The molecular formula is C6H6BrFN2O2S. The Hall–Kier alpha value is -0.500. The Morgan fingerprint density at radius 2 is 2.08 bits per heavy atom. The summed E-state index contributed by atoms with van der Waals surface area (Å²) in [4.78, 5) is 1.37. The molecule has 3 N–H and O–H groups in total. The van der Waals surface area contributed by atoms with Gasteiger partial charge in [-0.3, -0.25) is 5.84 Å². The summed E-state index contributed by atoms with van der Waals surface area (Å²) in [6, 6.07) is 3.66. The maximum absolute atomic E-state index is 12.9. The number of nitrogens with two attached hydrogens (primary N) is 1. The van der Waals surface area contributed by atoms with Crippen LogP contribution in [0, 0.1) is 5.82 Å². The van der Waals surface area contributed by atoms with E-state index in [4.69, 9.17) is 5.84 Å². The van der Waals surface area contributed by atoms with Crippen LogP contribution in [0.4, 0.5) is 4.39 Å². The Balaban J connectivity index is 3.40. The van der Waals surface area contributed by atoms with Crippen LogP contribution in [0.5, 0.6) is 0 Å². The number of hydrazine groups is 1. The van der Waals surface area contributed by atoms with Crippen molar-refractivity contribution in [1.29, 1.82) is 0 Å². The van der Waals surface area contributed by atoms with Crippen LogP contribution in [-0.4, -0.2) is 8.42 Å². The van der Waals surface area contributed by atoms with Crippen molar-refractivity contribution in [3.05, 3.63) is 28.5 Å². The molecule has 0 aliphatic heterocycles. The molecule has 0 aliphatic rings. The SMILES string of the molecule is NNS(=O)(=O)c1cccc(F)c1Br. The molecule has 13 heavy (non-hydrogen) atoms. The first kappa shape index (κ1) is 10.6. The number of rotatable bonds is 2. The first-order valence-corrected chi connectivity index (χ1v) is 5.43. The van der Waals surface area contributed by atoms with Gasteiger partial charge in [0.15, 0.2) is 0 Å². The van der Waals surface area contributed by atoms with Gasteiger partial charge in [-0.15, -0.1) is 0 Å². The van der Waals surface area contributed by atoms with Crippen molar-refractivity contribution >= 4 is 26.0 Å². The summed E-state index contributed by atoms with van der Waals surface area (Å²) < 4.78 is 35.0. The molecule has 0 heterocycles. The monoisotopic (exact) mass is 268 g/mol. The zero-order chi connectivity index (χ0) is 10.1. The number of sulfonamides is 1. The average molecular weight is 269 g/mol. The van der Waals surface area contributed by atoms with E-state index in [0.717, 1.165) is 6.07 Å². The predicted octanol–water partition coefficient (Wildman–Crippen LogP) is 0.740. The minimum Gasteiger partial charge on any atom is -0.257 e. The van der Waals surface area contributed by atoms with Gasteiger partial charge < -0.3 is 0 Å². The standard InChI is InChI=1S/C6H6BrFN2O2S/c7-6-4(8)2-1-3-5(6)13(11,12)10-9/h1-3,10H,9H2. The Morgan fingerprint density at radius 3 is 2.62 bits per heavy atom. The van der Waals surface area contributed by atoms with Crippen LogP contribution < -0.4 is 10.7 Å². The molecule has 0 bridgehead atoms. The molecule has 0 unspecified atom stereocenters. The fourth-order valence-corrected chi connectivity index (χ4v) is 2.38. The third-order valence-electron chi connectivity index (χ3n) is 1.36. The number of halogens is 2. The fraction of sp³-hybridized carbons (Fsp3) is 0. The summed E-state index contributed by atoms with van der Waals surface area (Å²) >= 11 is 2.81. The summed E-state index contributed by atoms with van der Waals surface area (Å²) in [6.45, 7) is 0. The van der Waals surface area contributed by atoms with Crippen LogP contribution in [0.25, 0.3) is 0 Å². The van der Waals surface area contributed by atoms with Crippen molar-refractivity contribution in [3.8, 4) is 0 Å². The minimum atomic E-state index is -3.81. The van der Waals surface area contributed by atoms with Crippen molar-refractivity contribution < 1.29 is 12.8 Å². The van der Waals surface area contributed by atoms with E-state index >= 15 is 0 Å². The summed E-state index contributed by atoms with van der Waals surface area (Å²) in [7, 11) is -3.81. The van der Waals surface area contributed by atoms with E-state index in [0.29, 0.717) is 0 Å². The van der Waals surface area contributed by atoms with Gasteiger partial charge in [-0.05, 0) is 28.1 Å². The molecule has 0 atom stereocenters. The van der Waals surface area contributed by atoms with E-state index in [1.807, 2.05) is 0 Å². The van der Waals surface area contributed by atoms with E-state index < -0.39 is 15.8 Å². The maximum Gasteiger partial charge on any atom is 0.254 e. The molecule has 1 rings (SSSR count). The summed E-state index contributed by atoms with van der Waals surface area (Å²) in [5.74, 6) is 4.12. The van der Waals surface area contributed by atoms with Crippen molar-refractivity contribution in [1.82, 2.24) is 4.83 Å². The first-order chi connectivity index (χ1) is 5.99. The number of benzene rings is 1. The molecule has 7 heteroatoms. The van der Waals surface area contributed by atoms with Gasteiger partial charge in [-0.25, -0.2) is 12.8 Å². The highest BCUT2D eigenvalue weighted by molar-refractivity contribution is 9.10. The zero-order valence-corrected chi connectivity index (χ0v) is 8.69. The summed E-state index contributed by atoms with van der Waals surface area (Å²) in [5.41, 5.74) is 0. The summed E-state index contributed by atoms with van der Waals surface area (Å²) in [6.07, 6.45) is 0. The second kappa shape index (κ2) is 3.70. The van der Waals surface area contributed by atoms with E-state index in [-0.39, 0.29) is 9.37 Å². The number of hydrogen-bond donors (Lipinski definition) is 2. The highest BCUT2D eigenvalue weighted by Crippen LogP contribution is 2.23. The lowest BCUT2D eigenvalue weighted by atomic mass is 10.3. The first-order valence-electron chi connectivity index (χ1n) is 3.15. The molecule has 0 saturated heterocycles. The molecular weight excluding hydrogens is 263 g/mol. The van der Waals surface area contributed by atoms with Crippen LogP contribution in [-0.2, 0) is 10.0 Å². The lowest BCUT2D eigenvalue weighted by Crippen LogP contribution is -2.30. The van der Waals surface area contributed by atoms with Gasteiger partial charge in [0.05, 0.1) is 4.47 Å². The number of nitrogens with one attached hydrogen (secondary N) is 1. The molecule has 1 aromatic carbocycles. The molecule has 0 saturated carbocycles. The van der Waals surface area contributed by atoms with E-state index in [2.05, 4.69) is 15.9 Å². The Bertz CT molecular complexity index is 421. The van der Waals surface area contributed by atoms with Gasteiger partial charge in [0.1, 0.15) is 10.7 Å². The summed E-state index contributed by atoms with van der Waals surface area (Å²) in [5, 5.41) is 0. The van der Waals surface area contributed by atoms with Crippen LogP contribution in [0.1, 0.15) is 0 Å². The molecule has 0 aliphatic carbocycles. The van der Waals surface area contributed by atoms with Crippen LogP contribution in [0.3, 0.4) is 0 Å². The van der Waals surface area contributed by atoms with Gasteiger partial charge in [0.2, 0.25) is 0 Å². The molecule has 0 radical (unpaired) electrons. The van der Waals surface area contributed by atoms with E-state index in [1.165, 1.54) is 12.1 Å². The molecule has 4 nitrogen and oxygen atoms in total. The molecule has 72 valence electrons. The third-order valence-corrected chi connectivity index (χ3v) is 3.66. The lowest BCUT2D eigenvalue weighted by molar-refractivity contribution is 0.577. The van der Waals surface area contributed by atoms with Gasteiger partial charge in [0, 0.05) is 0 Å². The zero-order valence-electron chi connectivity index (χ0n) is 6.29. The van der Waals surface area contributed by atoms with Crippen molar-refractivity contribution in [2.75, 3.05) is 0 Å². The largest absolute Gasteiger partial charge is 0.257 e. The highest BCUT2D eigenvalue weighted by atomic mass is 79.9. The van der Waals surface area contributed by atoms with Gasteiger partial charge in [-0.2, -0.15) is 4.83 Å². The van der Waals surface area contributed by atoms with E-state index in [1.54, 1.807) is 4.83 Å². The van der Waals surface area contributed by atoms with Gasteiger partial charge >= 0.3 is 0 Å². The van der Waals surface area contributed by atoms with Crippen molar-refractivity contribution in [2.24, 2.45) is 5.84 Å². The Morgan fingerprint density at radius 1 is 1.46 bits per heavy atom. The van der Waals surface area contributed by atoms with Crippen LogP contribution >= 0.6 is 15.9 Å². The van der Waals surface area contributed by atoms with Gasteiger partial charge in [-0.1, -0.05) is 6.07 Å². The molecule has 0 spiro atoms. The quantitative estimate of drug-likeness (QED) is 0.614.